The largest absolute Gasteiger partial charge is 0.0622 e. The Kier molecular flexibility index (Phi) is 2.86. The van der Waals surface area contributed by atoms with E-state index in [4.69, 9.17) is 0 Å². The minimum Gasteiger partial charge on any atom is -0.0622 e. The normalized spacial score (nSPS) is 10.6. The van der Waals surface area contributed by atoms with E-state index in [0.717, 1.165) is 0 Å². The molecule has 1 radical (unpaired) electrons. The van der Waals surface area contributed by atoms with Crippen molar-refractivity contribution in [1.29, 1.82) is 0 Å². The van der Waals surface area contributed by atoms with E-state index in [1.165, 1.54) is 16.7 Å². The summed E-state index contributed by atoms with van der Waals surface area (Å²) in [4.78, 5) is 0. The monoisotopic (exact) mass is 195 g/mol. The van der Waals surface area contributed by atoms with Gasteiger partial charge in [0.25, 0.3) is 0 Å². The first-order valence-electron chi connectivity index (χ1n) is 5.35. The minimum absolute atomic E-state index is 0.515. The molecule has 0 aromatic heterocycles. The molecule has 0 fully saturated rings. The fourth-order valence-electron chi connectivity index (χ4n) is 1.80. The van der Waals surface area contributed by atoms with Crippen LogP contribution >= 0.6 is 0 Å². The van der Waals surface area contributed by atoms with E-state index in [0.29, 0.717) is 5.92 Å². The molecule has 15 heavy (non-hydrogen) atoms. The molecule has 0 nitrogen and oxygen atoms in total. The van der Waals surface area contributed by atoms with Gasteiger partial charge in [-0.2, -0.15) is 0 Å². The second kappa shape index (κ2) is 4.31. The Balaban J connectivity index is 2.53. The van der Waals surface area contributed by atoms with Crippen LogP contribution in [0.15, 0.2) is 48.5 Å². The zero-order chi connectivity index (χ0) is 10.7. The summed E-state index contributed by atoms with van der Waals surface area (Å²) in [5.41, 5.74) is 3.87. The Labute approximate surface area is 91.6 Å². The molecule has 0 spiro atoms. The van der Waals surface area contributed by atoms with Crippen molar-refractivity contribution >= 4 is 0 Å². The van der Waals surface area contributed by atoms with Gasteiger partial charge in [0.2, 0.25) is 0 Å². The molecule has 0 heterocycles. The van der Waals surface area contributed by atoms with Crippen LogP contribution in [0.25, 0.3) is 11.1 Å². The van der Waals surface area contributed by atoms with Crippen LogP contribution in [0.2, 0.25) is 0 Å². The molecular weight excluding hydrogens is 180 g/mol. The van der Waals surface area contributed by atoms with E-state index in [1.54, 1.807) is 0 Å². The lowest BCUT2D eigenvalue weighted by Crippen LogP contribution is -1.91. The first kappa shape index (κ1) is 9.97. The number of rotatable bonds is 2. The molecule has 2 rings (SSSR count). The molecule has 0 aliphatic heterocycles. The second-order valence-electron chi connectivity index (χ2n) is 4.02. The van der Waals surface area contributed by atoms with Crippen molar-refractivity contribution in [2.24, 2.45) is 0 Å². The number of benzene rings is 2. The first-order valence-corrected chi connectivity index (χ1v) is 5.35. The summed E-state index contributed by atoms with van der Waals surface area (Å²) in [5, 5.41) is 0. The summed E-state index contributed by atoms with van der Waals surface area (Å²) >= 11 is 0. The zero-order valence-corrected chi connectivity index (χ0v) is 9.20. The van der Waals surface area contributed by atoms with Crippen molar-refractivity contribution in [3.8, 4) is 11.1 Å². The van der Waals surface area contributed by atoms with Crippen LogP contribution in [0.3, 0.4) is 0 Å². The predicted octanol–water partition coefficient (Wildman–Crippen LogP) is 4.28. The molecule has 0 heteroatoms. The van der Waals surface area contributed by atoms with Crippen LogP contribution in [0.5, 0.6) is 0 Å². The molecule has 0 unspecified atom stereocenters. The van der Waals surface area contributed by atoms with Crippen molar-refractivity contribution in [2.45, 2.75) is 19.8 Å². The van der Waals surface area contributed by atoms with Crippen LogP contribution in [-0.4, -0.2) is 0 Å². The minimum atomic E-state index is 0.515. The van der Waals surface area contributed by atoms with E-state index in [1.807, 2.05) is 18.2 Å². The van der Waals surface area contributed by atoms with Crippen molar-refractivity contribution in [3.05, 3.63) is 60.2 Å². The van der Waals surface area contributed by atoms with E-state index >= 15 is 0 Å². The standard InChI is InChI=1S/C15H15/c1-12(2)14-10-6-7-11-15(14)13-8-4-3-5-9-13/h3-9,11-12H,1-2H3. The van der Waals surface area contributed by atoms with Gasteiger partial charge in [0, 0.05) is 0 Å². The molecule has 0 N–H and O–H groups in total. The molecule has 0 amide bonds. The molecule has 0 aliphatic carbocycles. The maximum absolute atomic E-state index is 3.33. The lowest BCUT2D eigenvalue weighted by Gasteiger charge is -2.11. The topological polar surface area (TPSA) is 0 Å². The van der Waals surface area contributed by atoms with Crippen molar-refractivity contribution in [2.75, 3.05) is 0 Å². The average Bonchev–Trinajstić information content (AvgIpc) is 2.30. The molecule has 0 bridgehead atoms. The quantitative estimate of drug-likeness (QED) is 0.671. The Morgan fingerprint density at radius 3 is 2.33 bits per heavy atom. The highest BCUT2D eigenvalue weighted by atomic mass is 14.1. The highest BCUT2D eigenvalue weighted by Gasteiger charge is 2.06. The van der Waals surface area contributed by atoms with Gasteiger partial charge < -0.3 is 0 Å². The lowest BCUT2D eigenvalue weighted by atomic mass is 9.93. The lowest BCUT2D eigenvalue weighted by molar-refractivity contribution is 0.867. The molecule has 0 saturated heterocycles. The molecule has 75 valence electrons. The van der Waals surface area contributed by atoms with Gasteiger partial charge in [0.05, 0.1) is 0 Å². The maximum Gasteiger partial charge on any atom is -0.0140 e. The van der Waals surface area contributed by atoms with Crippen LogP contribution < -0.4 is 0 Å². The van der Waals surface area contributed by atoms with E-state index in [9.17, 15) is 0 Å². The maximum atomic E-state index is 3.33. The fourth-order valence-corrected chi connectivity index (χ4v) is 1.80. The van der Waals surface area contributed by atoms with Crippen molar-refractivity contribution < 1.29 is 0 Å². The summed E-state index contributed by atoms with van der Waals surface area (Å²) in [6, 6.07) is 20.0. The van der Waals surface area contributed by atoms with Crippen LogP contribution in [0, 0.1) is 6.07 Å². The third-order valence-corrected chi connectivity index (χ3v) is 2.55. The molecule has 2 aromatic carbocycles. The summed E-state index contributed by atoms with van der Waals surface area (Å²) in [5.74, 6) is 0.515. The van der Waals surface area contributed by atoms with Gasteiger partial charge in [-0.15, -0.1) is 0 Å². The summed E-state index contributed by atoms with van der Waals surface area (Å²) in [7, 11) is 0. The van der Waals surface area contributed by atoms with Crippen molar-refractivity contribution in [3.63, 3.8) is 0 Å². The molecule has 0 saturated carbocycles. The third-order valence-electron chi connectivity index (χ3n) is 2.55. The fraction of sp³-hybridized carbons (Fsp3) is 0.200. The Bertz CT molecular complexity index is 427. The van der Waals surface area contributed by atoms with Gasteiger partial charge in [-0.3, -0.25) is 0 Å². The second-order valence-corrected chi connectivity index (χ2v) is 4.02. The summed E-state index contributed by atoms with van der Waals surface area (Å²) in [6.45, 7) is 4.41. The van der Waals surface area contributed by atoms with Crippen molar-refractivity contribution in [1.82, 2.24) is 0 Å². The highest BCUT2D eigenvalue weighted by molar-refractivity contribution is 5.67. The van der Waals surface area contributed by atoms with Gasteiger partial charge in [-0.05, 0) is 28.7 Å². The van der Waals surface area contributed by atoms with E-state index in [2.05, 4.69) is 50.2 Å². The van der Waals surface area contributed by atoms with Gasteiger partial charge in [-0.25, -0.2) is 0 Å². The molecule has 0 aliphatic rings. The number of hydrogen-bond donors (Lipinski definition) is 0. The summed E-state index contributed by atoms with van der Waals surface area (Å²) in [6.07, 6.45) is 0. The molecule has 2 aromatic rings. The third kappa shape index (κ3) is 2.10. The highest BCUT2D eigenvalue weighted by Crippen LogP contribution is 2.28. The zero-order valence-electron chi connectivity index (χ0n) is 9.20. The SMILES string of the molecule is CC(C)c1[c]cccc1-c1ccccc1. The number of hydrogen-bond acceptors (Lipinski definition) is 0. The van der Waals surface area contributed by atoms with Gasteiger partial charge in [0.1, 0.15) is 0 Å². The first-order chi connectivity index (χ1) is 7.29. The van der Waals surface area contributed by atoms with Gasteiger partial charge >= 0.3 is 0 Å². The van der Waals surface area contributed by atoms with Gasteiger partial charge in [-0.1, -0.05) is 62.4 Å². The summed E-state index contributed by atoms with van der Waals surface area (Å²) < 4.78 is 0. The van der Waals surface area contributed by atoms with Crippen LogP contribution in [0.1, 0.15) is 25.3 Å². The van der Waals surface area contributed by atoms with Crippen LogP contribution in [-0.2, 0) is 0 Å². The molecule has 0 atom stereocenters. The van der Waals surface area contributed by atoms with E-state index in [-0.39, 0.29) is 0 Å². The Morgan fingerprint density at radius 2 is 1.67 bits per heavy atom. The van der Waals surface area contributed by atoms with E-state index < -0.39 is 0 Å². The van der Waals surface area contributed by atoms with Gasteiger partial charge in [0.15, 0.2) is 0 Å². The Morgan fingerprint density at radius 1 is 0.933 bits per heavy atom. The predicted molar refractivity (Wildman–Crippen MR) is 64.8 cm³/mol. The van der Waals surface area contributed by atoms with Crippen LogP contribution in [0.4, 0.5) is 0 Å². The average molecular weight is 195 g/mol. The molecular formula is C15H15. The Hall–Kier alpha value is -1.56. The smallest absolute Gasteiger partial charge is 0.0140 e.